The number of ketones is 1. The molecule has 0 fully saturated rings. The first kappa shape index (κ1) is 15.3. The van der Waals surface area contributed by atoms with Crippen molar-refractivity contribution in [1.29, 1.82) is 0 Å². The number of hydrogen-bond acceptors (Lipinski definition) is 5. The van der Waals surface area contributed by atoms with Crippen LogP contribution in [0.15, 0.2) is 64.5 Å². The number of carbonyl (C=O) groups is 1. The maximum absolute atomic E-state index is 12.4. The van der Waals surface area contributed by atoms with Crippen molar-refractivity contribution >= 4 is 28.9 Å². The van der Waals surface area contributed by atoms with Crippen LogP contribution in [0.2, 0.25) is 0 Å². The lowest BCUT2D eigenvalue weighted by atomic mass is 10.1. The third-order valence-electron chi connectivity index (χ3n) is 3.55. The number of nitrogens with zero attached hydrogens (tertiary/aromatic N) is 2. The first-order valence-electron chi connectivity index (χ1n) is 7.15. The molecule has 6 heteroatoms. The van der Waals surface area contributed by atoms with E-state index in [2.05, 4.69) is 4.90 Å². The minimum atomic E-state index is -0.498. The summed E-state index contributed by atoms with van der Waals surface area (Å²) in [4.78, 5) is 26.0. The van der Waals surface area contributed by atoms with E-state index in [1.54, 1.807) is 12.1 Å². The molecule has 5 nitrogen and oxygen atoms in total. The van der Waals surface area contributed by atoms with Crippen molar-refractivity contribution < 1.29 is 9.72 Å². The van der Waals surface area contributed by atoms with Crippen LogP contribution >= 0.6 is 11.8 Å². The number of rotatable bonds is 4. The van der Waals surface area contributed by atoms with E-state index in [9.17, 15) is 14.9 Å². The molecule has 0 unspecified atom stereocenters. The number of allylic oxidation sites excluding steroid dienone is 1. The van der Waals surface area contributed by atoms with Crippen LogP contribution in [0.1, 0.15) is 17.3 Å². The molecule has 116 valence electrons. The zero-order chi connectivity index (χ0) is 16.4. The fraction of sp³-hybridized carbons (Fsp3) is 0.118. The Morgan fingerprint density at radius 3 is 2.78 bits per heavy atom. The number of hydrogen-bond donors (Lipinski definition) is 0. The van der Waals surface area contributed by atoms with Gasteiger partial charge in [0.2, 0.25) is 0 Å². The third-order valence-corrected chi connectivity index (χ3v) is 4.66. The maximum Gasteiger partial charge on any atom is 0.270 e. The van der Waals surface area contributed by atoms with Gasteiger partial charge in [-0.15, -0.1) is 0 Å². The number of carbonyl (C=O) groups excluding carboxylic acids is 1. The van der Waals surface area contributed by atoms with Gasteiger partial charge in [0.1, 0.15) is 0 Å². The molecule has 0 aromatic heterocycles. The molecule has 23 heavy (non-hydrogen) atoms. The second kappa shape index (κ2) is 6.26. The van der Waals surface area contributed by atoms with Crippen LogP contribution in [0.5, 0.6) is 0 Å². The first-order valence-corrected chi connectivity index (χ1v) is 7.96. The van der Waals surface area contributed by atoms with E-state index < -0.39 is 4.92 Å². The highest BCUT2D eigenvalue weighted by atomic mass is 32.2. The number of anilines is 1. The molecule has 1 aliphatic rings. The van der Waals surface area contributed by atoms with E-state index in [1.807, 2.05) is 31.2 Å². The van der Waals surface area contributed by atoms with Crippen molar-refractivity contribution in [3.05, 3.63) is 75.3 Å². The van der Waals surface area contributed by atoms with Crippen LogP contribution in [0, 0.1) is 10.1 Å². The molecule has 0 radical (unpaired) electrons. The Hall–Kier alpha value is -2.60. The summed E-state index contributed by atoms with van der Waals surface area (Å²) in [6, 6.07) is 13.8. The van der Waals surface area contributed by atoms with Crippen LogP contribution in [-0.2, 0) is 0 Å². The molecule has 0 amide bonds. The van der Waals surface area contributed by atoms with Crippen molar-refractivity contribution in [3.63, 3.8) is 0 Å². The molecule has 3 rings (SSSR count). The van der Waals surface area contributed by atoms with Gasteiger partial charge in [0.05, 0.1) is 15.6 Å². The third kappa shape index (κ3) is 2.98. The number of benzene rings is 2. The summed E-state index contributed by atoms with van der Waals surface area (Å²) < 4.78 is 0. The van der Waals surface area contributed by atoms with Gasteiger partial charge in [0, 0.05) is 35.2 Å². The van der Waals surface area contributed by atoms with Gasteiger partial charge in [-0.05, 0) is 19.1 Å². The molecule has 1 heterocycles. The van der Waals surface area contributed by atoms with Crippen LogP contribution in [0.25, 0.3) is 0 Å². The largest absolute Gasteiger partial charge is 0.335 e. The average molecular weight is 326 g/mol. The predicted molar refractivity (Wildman–Crippen MR) is 90.8 cm³/mol. The molecule has 0 aliphatic carbocycles. The Labute approximate surface area is 137 Å². The maximum atomic E-state index is 12.4. The van der Waals surface area contributed by atoms with Crippen molar-refractivity contribution in [2.24, 2.45) is 0 Å². The van der Waals surface area contributed by atoms with Crippen LogP contribution in [0.3, 0.4) is 0 Å². The lowest BCUT2D eigenvalue weighted by Gasteiger charge is -2.17. The lowest BCUT2D eigenvalue weighted by molar-refractivity contribution is -0.384. The van der Waals surface area contributed by atoms with E-state index in [1.165, 1.54) is 30.0 Å². The lowest BCUT2D eigenvalue weighted by Crippen LogP contribution is -2.17. The molecule has 2 aromatic rings. The highest BCUT2D eigenvalue weighted by Crippen LogP contribution is 2.45. The molecule has 0 saturated carbocycles. The number of fused-ring (bicyclic) bond motifs is 1. The number of para-hydroxylation sites is 1. The van der Waals surface area contributed by atoms with Crippen molar-refractivity contribution in [2.45, 2.75) is 11.8 Å². The molecule has 0 bridgehead atoms. The van der Waals surface area contributed by atoms with E-state index in [0.717, 1.165) is 22.2 Å². The molecule has 0 saturated heterocycles. The minimum absolute atomic E-state index is 0.0797. The Kier molecular flexibility index (Phi) is 4.16. The SMILES string of the molecule is CCN1/C(=C\C(=O)c2cccc([N+](=O)[O-])c2)Sc2ccccc21. The zero-order valence-corrected chi connectivity index (χ0v) is 13.2. The Morgan fingerprint density at radius 2 is 2.04 bits per heavy atom. The molecule has 1 aliphatic heterocycles. The quantitative estimate of drug-likeness (QED) is 0.364. The molecule has 2 aromatic carbocycles. The summed E-state index contributed by atoms with van der Waals surface area (Å²) in [5.41, 5.74) is 1.32. The minimum Gasteiger partial charge on any atom is -0.335 e. The number of nitro groups is 1. The van der Waals surface area contributed by atoms with Gasteiger partial charge in [0.25, 0.3) is 5.69 Å². The number of non-ortho nitro benzene ring substituents is 1. The standard InChI is InChI=1S/C17H14N2O3S/c1-2-18-14-8-3-4-9-16(14)23-17(18)11-15(20)12-6-5-7-13(10-12)19(21)22/h3-11H,2H2,1H3/b17-11+. The van der Waals surface area contributed by atoms with E-state index in [0.29, 0.717) is 5.56 Å². The smallest absolute Gasteiger partial charge is 0.270 e. The summed E-state index contributed by atoms with van der Waals surface area (Å²) >= 11 is 1.53. The van der Waals surface area contributed by atoms with Gasteiger partial charge in [-0.2, -0.15) is 0 Å². The molecular formula is C17H14N2O3S. The fourth-order valence-electron chi connectivity index (χ4n) is 2.45. The van der Waals surface area contributed by atoms with Gasteiger partial charge >= 0.3 is 0 Å². The Morgan fingerprint density at radius 1 is 1.26 bits per heavy atom. The summed E-state index contributed by atoms with van der Waals surface area (Å²) in [6.45, 7) is 2.77. The molecule has 0 N–H and O–H groups in total. The normalized spacial score (nSPS) is 14.8. The Bertz CT molecular complexity index is 817. The highest BCUT2D eigenvalue weighted by molar-refractivity contribution is 8.03. The van der Waals surface area contributed by atoms with E-state index in [4.69, 9.17) is 0 Å². The van der Waals surface area contributed by atoms with Gasteiger partial charge in [-0.1, -0.05) is 36.0 Å². The second-order valence-corrected chi connectivity index (χ2v) is 6.03. The van der Waals surface area contributed by atoms with Crippen molar-refractivity contribution in [3.8, 4) is 0 Å². The molecule has 0 spiro atoms. The number of thioether (sulfide) groups is 1. The molecular weight excluding hydrogens is 312 g/mol. The van der Waals surface area contributed by atoms with Gasteiger partial charge < -0.3 is 4.90 Å². The monoisotopic (exact) mass is 326 g/mol. The fourth-order valence-corrected chi connectivity index (χ4v) is 3.61. The summed E-state index contributed by atoms with van der Waals surface area (Å²) in [7, 11) is 0. The predicted octanol–water partition coefficient (Wildman–Crippen LogP) is 4.25. The molecule has 0 atom stereocenters. The topological polar surface area (TPSA) is 63.5 Å². The van der Waals surface area contributed by atoms with Crippen molar-refractivity contribution in [2.75, 3.05) is 11.4 Å². The zero-order valence-electron chi connectivity index (χ0n) is 12.4. The van der Waals surface area contributed by atoms with Crippen LogP contribution in [0.4, 0.5) is 11.4 Å². The summed E-state index contributed by atoms with van der Waals surface area (Å²) in [5, 5.41) is 11.7. The van der Waals surface area contributed by atoms with E-state index >= 15 is 0 Å². The van der Waals surface area contributed by atoms with Gasteiger partial charge in [0.15, 0.2) is 5.78 Å². The number of nitro benzene ring substituents is 1. The van der Waals surface area contributed by atoms with Gasteiger partial charge in [-0.25, -0.2) is 0 Å². The summed E-state index contributed by atoms with van der Waals surface area (Å²) in [6.07, 6.45) is 1.55. The summed E-state index contributed by atoms with van der Waals surface area (Å²) in [5.74, 6) is -0.234. The average Bonchev–Trinajstić information content (AvgIpc) is 2.91. The van der Waals surface area contributed by atoms with Gasteiger partial charge in [-0.3, -0.25) is 14.9 Å². The van der Waals surface area contributed by atoms with Crippen LogP contribution < -0.4 is 4.90 Å². The first-order chi connectivity index (χ1) is 11.1. The second-order valence-electron chi connectivity index (χ2n) is 4.97. The van der Waals surface area contributed by atoms with Crippen LogP contribution in [-0.4, -0.2) is 17.3 Å². The van der Waals surface area contributed by atoms with Crippen molar-refractivity contribution in [1.82, 2.24) is 0 Å². The van der Waals surface area contributed by atoms with E-state index in [-0.39, 0.29) is 11.5 Å². The Balaban J connectivity index is 1.91. The highest BCUT2D eigenvalue weighted by Gasteiger charge is 2.24.